The van der Waals surface area contributed by atoms with Crippen LogP contribution >= 0.6 is 29.9 Å². The van der Waals surface area contributed by atoms with E-state index in [0.29, 0.717) is 11.2 Å². The molecule has 2 aromatic rings. The van der Waals surface area contributed by atoms with Gasteiger partial charge in [0, 0.05) is 0 Å². The topological polar surface area (TPSA) is 133 Å². The molecule has 0 amide bonds. The number of alkyl halides is 2. The number of anilines is 2. The van der Waals surface area contributed by atoms with Gasteiger partial charge in [0.1, 0.15) is 17.7 Å². The number of aromatic nitrogens is 4. The average molecular weight is 455 g/mol. The van der Waals surface area contributed by atoms with Gasteiger partial charge < -0.3 is 25.3 Å². The minimum absolute atomic E-state index is 0.00711. The van der Waals surface area contributed by atoms with E-state index in [9.17, 15) is 0 Å². The Labute approximate surface area is 169 Å². The first kappa shape index (κ1) is 19.5. The van der Waals surface area contributed by atoms with Crippen molar-refractivity contribution in [3.8, 4) is 0 Å². The molecule has 27 heavy (non-hydrogen) atoms. The Morgan fingerprint density at radius 2 is 2.15 bits per heavy atom. The summed E-state index contributed by atoms with van der Waals surface area (Å²) in [6, 6.07) is 0. The molecule has 2 aromatic heterocycles. The zero-order valence-electron chi connectivity index (χ0n) is 14.3. The molecule has 2 fully saturated rings. The summed E-state index contributed by atoms with van der Waals surface area (Å²) in [5, 5.41) is 0. The first-order chi connectivity index (χ1) is 12.6. The highest BCUT2D eigenvalue weighted by atomic mass is 35.5. The standard InChI is InChI=1S/C13H17Cl2N6O4PS/c1-5(2)24-26(27)22-3-6-8(25-26)13(14,15)11(23-6)21-4-18-7-9(16)19-12(17)20-10(7)21/h4-6,8,11H,3H2,1-2H3,(H4,16,17,19,20)/t6-,8-,11-,26?/m1/s1. The Hall–Kier alpha value is -0.780. The summed E-state index contributed by atoms with van der Waals surface area (Å²) in [6.45, 7) is 0.814. The number of hydrogen-bond acceptors (Lipinski definition) is 10. The number of halogens is 2. The SMILES string of the molecule is CC(C)OP1(=S)OC[C@H]2O[C@@H](n3cnc4c(N)nc(N)nc43)C(Cl)(Cl)[C@@H]2O1. The molecule has 148 valence electrons. The largest absolute Gasteiger partial charge is 0.382 e. The lowest BCUT2D eigenvalue weighted by Crippen LogP contribution is -2.42. The fourth-order valence-corrected chi connectivity index (χ4v) is 6.39. The number of hydrogen-bond donors (Lipinski definition) is 2. The maximum absolute atomic E-state index is 6.66. The number of imidazole rings is 1. The first-order valence-corrected chi connectivity index (χ1v) is 11.3. The molecule has 0 saturated carbocycles. The molecule has 2 saturated heterocycles. The summed E-state index contributed by atoms with van der Waals surface area (Å²) in [5.74, 6) is 0.133. The third-order valence-corrected chi connectivity index (χ3v) is 7.31. The van der Waals surface area contributed by atoms with Crippen molar-refractivity contribution in [3.63, 3.8) is 0 Å². The Balaban J connectivity index is 1.70. The van der Waals surface area contributed by atoms with Crippen LogP contribution in [0, 0.1) is 0 Å². The van der Waals surface area contributed by atoms with Crippen molar-refractivity contribution >= 4 is 64.7 Å². The van der Waals surface area contributed by atoms with Gasteiger partial charge in [-0.2, -0.15) is 9.97 Å². The van der Waals surface area contributed by atoms with Gasteiger partial charge in [0.2, 0.25) is 5.95 Å². The molecule has 4 N–H and O–H groups in total. The van der Waals surface area contributed by atoms with Crippen LogP contribution in [0.2, 0.25) is 0 Å². The van der Waals surface area contributed by atoms with Gasteiger partial charge in [-0.15, -0.1) is 0 Å². The van der Waals surface area contributed by atoms with Crippen LogP contribution in [0.25, 0.3) is 11.2 Å². The van der Waals surface area contributed by atoms with Gasteiger partial charge in [0.25, 0.3) is 0 Å². The number of ether oxygens (including phenoxy) is 1. The smallest absolute Gasteiger partial charge is 0.327 e. The van der Waals surface area contributed by atoms with Crippen molar-refractivity contribution < 1.29 is 18.3 Å². The first-order valence-electron chi connectivity index (χ1n) is 8.01. The number of nitrogens with zero attached hydrogens (tertiary/aromatic N) is 4. The molecule has 2 aliphatic rings. The van der Waals surface area contributed by atoms with E-state index in [1.54, 1.807) is 0 Å². The second-order valence-corrected chi connectivity index (χ2v) is 10.8. The summed E-state index contributed by atoms with van der Waals surface area (Å²) in [5.41, 5.74) is 12.2. The molecule has 0 aliphatic carbocycles. The molecule has 0 spiro atoms. The van der Waals surface area contributed by atoms with Crippen LogP contribution in [0.3, 0.4) is 0 Å². The number of nitrogen functional groups attached to an aromatic ring is 2. The fraction of sp³-hybridized carbons (Fsp3) is 0.615. The Morgan fingerprint density at radius 1 is 1.41 bits per heavy atom. The predicted molar refractivity (Wildman–Crippen MR) is 104 cm³/mol. The number of rotatable bonds is 3. The fourth-order valence-electron chi connectivity index (χ4n) is 3.01. The maximum Gasteiger partial charge on any atom is 0.327 e. The zero-order valence-corrected chi connectivity index (χ0v) is 17.5. The van der Waals surface area contributed by atoms with E-state index in [1.165, 1.54) is 10.9 Å². The van der Waals surface area contributed by atoms with Crippen molar-refractivity contribution in [1.29, 1.82) is 0 Å². The van der Waals surface area contributed by atoms with Crippen molar-refractivity contribution in [1.82, 2.24) is 19.5 Å². The van der Waals surface area contributed by atoms with Crippen LogP contribution in [0.4, 0.5) is 11.8 Å². The highest BCUT2D eigenvalue weighted by Crippen LogP contribution is 2.62. The molecule has 1 unspecified atom stereocenters. The molecule has 4 atom stereocenters. The van der Waals surface area contributed by atoms with E-state index in [-0.39, 0.29) is 24.5 Å². The second kappa shape index (κ2) is 6.64. The molecule has 4 rings (SSSR count). The lowest BCUT2D eigenvalue weighted by molar-refractivity contribution is -0.0632. The molecule has 0 radical (unpaired) electrons. The molecule has 4 heterocycles. The van der Waals surface area contributed by atoms with Crippen LogP contribution < -0.4 is 11.5 Å². The van der Waals surface area contributed by atoms with Crippen LogP contribution in [0.15, 0.2) is 6.33 Å². The highest BCUT2D eigenvalue weighted by Gasteiger charge is 2.61. The van der Waals surface area contributed by atoms with Crippen LogP contribution in [0.5, 0.6) is 0 Å². The van der Waals surface area contributed by atoms with Gasteiger partial charge >= 0.3 is 6.72 Å². The molecular formula is C13H17Cl2N6O4PS. The quantitative estimate of drug-likeness (QED) is 0.524. The van der Waals surface area contributed by atoms with E-state index in [1.807, 2.05) is 13.8 Å². The monoisotopic (exact) mass is 454 g/mol. The molecule has 0 aromatic carbocycles. The molecule has 10 nitrogen and oxygen atoms in total. The van der Waals surface area contributed by atoms with Gasteiger partial charge in [0.15, 0.2) is 22.0 Å². The maximum atomic E-state index is 6.66. The Morgan fingerprint density at radius 3 is 2.85 bits per heavy atom. The second-order valence-electron chi connectivity index (χ2n) is 6.42. The number of nitrogens with two attached hydrogens (primary N) is 2. The lowest BCUT2D eigenvalue weighted by atomic mass is 10.2. The molecule has 2 aliphatic heterocycles. The predicted octanol–water partition coefficient (Wildman–Crippen LogP) is 2.13. The van der Waals surface area contributed by atoms with Gasteiger partial charge in [-0.25, -0.2) is 4.98 Å². The molecule has 14 heteroatoms. The van der Waals surface area contributed by atoms with Crippen molar-refractivity contribution in [2.45, 2.75) is 42.7 Å². The molecular weight excluding hydrogens is 438 g/mol. The van der Waals surface area contributed by atoms with Gasteiger partial charge in [0.05, 0.1) is 19.0 Å². The van der Waals surface area contributed by atoms with Crippen molar-refractivity contribution in [2.24, 2.45) is 0 Å². The lowest BCUT2D eigenvalue weighted by Gasteiger charge is -2.36. The van der Waals surface area contributed by atoms with Gasteiger partial charge in [-0.1, -0.05) is 23.2 Å². The highest BCUT2D eigenvalue weighted by molar-refractivity contribution is 8.07. The minimum Gasteiger partial charge on any atom is -0.382 e. The zero-order chi connectivity index (χ0) is 19.6. The van der Waals surface area contributed by atoms with Gasteiger partial charge in [-0.05, 0) is 25.7 Å². The minimum atomic E-state index is -2.99. The Kier molecular flexibility index (Phi) is 4.80. The third kappa shape index (κ3) is 3.30. The van der Waals surface area contributed by atoms with E-state index >= 15 is 0 Å². The summed E-state index contributed by atoms with van der Waals surface area (Å²) >= 11 is 18.7. The Bertz CT molecular complexity index is 943. The number of fused-ring (bicyclic) bond motifs is 2. The molecule has 0 bridgehead atoms. The van der Waals surface area contributed by atoms with Gasteiger partial charge in [-0.3, -0.25) is 9.09 Å². The van der Waals surface area contributed by atoms with Crippen molar-refractivity contribution in [2.75, 3.05) is 18.1 Å². The summed E-state index contributed by atoms with van der Waals surface area (Å²) in [7, 11) is 0. The van der Waals surface area contributed by atoms with E-state index in [0.717, 1.165) is 0 Å². The van der Waals surface area contributed by atoms with Crippen LogP contribution in [-0.4, -0.2) is 48.8 Å². The third-order valence-electron chi connectivity index (χ3n) is 4.05. The van der Waals surface area contributed by atoms with E-state index < -0.39 is 29.5 Å². The van der Waals surface area contributed by atoms with Crippen LogP contribution in [0.1, 0.15) is 20.1 Å². The normalized spacial score (nSPS) is 32.9. The van der Waals surface area contributed by atoms with Crippen LogP contribution in [-0.2, 0) is 30.1 Å². The van der Waals surface area contributed by atoms with E-state index in [2.05, 4.69) is 15.0 Å². The summed E-state index contributed by atoms with van der Waals surface area (Å²) in [4.78, 5) is 12.3. The van der Waals surface area contributed by atoms with E-state index in [4.69, 9.17) is 64.8 Å². The average Bonchev–Trinajstić information content (AvgIpc) is 3.05. The van der Waals surface area contributed by atoms with Crippen molar-refractivity contribution in [3.05, 3.63) is 6.33 Å². The summed E-state index contributed by atoms with van der Waals surface area (Å²) in [6.07, 6.45) is -0.924. The summed E-state index contributed by atoms with van der Waals surface area (Å²) < 4.78 is 23.2.